The van der Waals surface area contributed by atoms with Gasteiger partial charge < -0.3 is 4.74 Å². The zero-order valence-electron chi connectivity index (χ0n) is 18.6. The molecule has 0 aromatic heterocycles. The fourth-order valence-corrected chi connectivity index (χ4v) is 5.38. The number of piperidine rings is 1. The van der Waals surface area contributed by atoms with Crippen molar-refractivity contribution in [1.82, 2.24) is 4.90 Å². The van der Waals surface area contributed by atoms with Gasteiger partial charge in [0.2, 0.25) is 0 Å². The van der Waals surface area contributed by atoms with Gasteiger partial charge in [0.1, 0.15) is 12.0 Å². The zero-order valence-corrected chi connectivity index (χ0v) is 20.1. The Morgan fingerprint density at radius 1 is 0.909 bits per heavy atom. The van der Waals surface area contributed by atoms with Crippen LogP contribution in [0.3, 0.4) is 0 Å². The van der Waals surface area contributed by atoms with Crippen LogP contribution >= 0.6 is 23.2 Å². The molecule has 33 heavy (non-hydrogen) atoms. The second-order valence-corrected chi connectivity index (χ2v) is 9.48. The first-order valence-corrected chi connectivity index (χ1v) is 12.2. The van der Waals surface area contributed by atoms with Gasteiger partial charge in [-0.3, -0.25) is 4.90 Å². The maximum atomic E-state index is 10.5. The van der Waals surface area contributed by atoms with Crippen molar-refractivity contribution in [1.29, 1.82) is 5.26 Å². The van der Waals surface area contributed by atoms with Crippen molar-refractivity contribution >= 4 is 23.2 Å². The number of benzene rings is 3. The number of hydrogen-bond donors (Lipinski definition) is 0. The van der Waals surface area contributed by atoms with Gasteiger partial charge in [-0.1, -0.05) is 89.9 Å². The molecule has 1 aliphatic heterocycles. The molecule has 5 heteroatoms. The van der Waals surface area contributed by atoms with E-state index in [2.05, 4.69) is 35.2 Å². The topological polar surface area (TPSA) is 36.3 Å². The van der Waals surface area contributed by atoms with E-state index in [1.165, 1.54) is 0 Å². The molecule has 0 aliphatic carbocycles. The molecule has 0 radical (unpaired) electrons. The molecule has 1 unspecified atom stereocenters. The highest BCUT2D eigenvalue weighted by molar-refractivity contribution is 6.37. The van der Waals surface area contributed by atoms with E-state index in [1.807, 2.05) is 42.5 Å². The Morgan fingerprint density at radius 2 is 1.52 bits per heavy atom. The second-order valence-electron chi connectivity index (χ2n) is 8.66. The first-order chi connectivity index (χ1) is 16.1. The molecule has 1 fully saturated rings. The smallest absolute Gasteiger partial charge is 0.156 e. The summed E-state index contributed by atoms with van der Waals surface area (Å²) in [5.74, 6) is 0.966. The monoisotopic (exact) mass is 478 g/mol. The zero-order chi connectivity index (χ0) is 23.1. The van der Waals surface area contributed by atoms with Crippen LogP contribution in [0, 0.1) is 17.2 Å². The lowest BCUT2D eigenvalue weighted by atomic mass is 9.69. The summed E-state index contributed by atoms with van der Waals surface area (Å²) in [5, 5.41) is 11.6. The van der Waals surface area contributed by atoms with Crippen molar-refractivity contribution in [3.8, 4) is 11.8 Å². The van der Waals surface area contributed by atoms with Gasteiger partial charge >= 0.3 is 0 Å². The highest BCUT2D eigenvalue weighted by Crippen LogP contribution is 2.40. The maximum Gasteiger partial charge on any atom is 0.156 e. The third kappa shape index (κ3) is 5.53. The van der Waals surface area contributed by atoms with Crippen molar-refractivity contribution in [3.05, 3.63) is 100 Å². The van der Waals surface area contributed by atoms with Crippen molar-refractivity contribution in [3.63, 3.8) is 0 Å². The van der Waals surface area contributed by atoms with E-state index in [9.17, 15) is 5.26 Å². The number of nitrogens with zero attached hydrogens (tertiary/aromatic N) is 2. The number of nitriles is 1. The number of likely N-dealkylation sites (tertiary alicyclic amines) is 1. The van der Waals surface area contributed by atoms with E-state index in [-0.39, 0.29) is 0 Å². The summed E-state index contributed by atoms with van der Waals surface area (Å²) in [5.41, 5.74) is 1.47. The van der Waals surface area contributed by atoms with E-state index in [0.717, 1.165) is 50.0 Å². The lowest BCUT2D eigenvalue weighted by Crippen LogP contribution is -2.41. The van der Waals surface area contributed by atoms with E-state index in [1.54, 1.807) is 12.1 Å². The first kappa shape index (κ1) is 23.6. The number of ether oxygens (including phenoxy) is 1. The molecule has 3 aromatic carbocycles. The molecule has 0 N–H and O–H groups in total. The molecule has 4 rings (SSSR count). The average molecular weight is 479 g/mol. The molecule has 3 nitrogen and oxygen atoms in total. The Labute approximate surface area is 206 Å². The molecule has 1 atom stereocenters. The van der Waals surface area contributed by atoms with Crippen LogP contribution in [0.25, 0.3) is 0 Å². The van der Waals surface area contributed by atoms with Crippen LogP contribution in [0.15, 0.2) is 78.9 Å². The highest BCUT2D eigenvalue weighted by atomic mass is 35.5. The largest absolute Gasteiger partial charge is 0.489 e. The van der Waals surface area contributed by atoms with Crippen LogP contribution in [0.4, 0.5) is 0 Å². The third-order valence-electron chi connectivity index (χ3n) is 6.49. The Bertz CT molecular complexity index is 1020. The lowest BCUT2D eigenvalue weighted by Gasteiger charge is -2.37. The SMILES string of the molecule is N#CC(CC1CCCN(CCOc2c(Cl)cccc2Cl)C1)(c1ccccc1)c1ccccc1. The van der Waals surface area contributed by atoms with Crippen molar-refractivity contribution in [2.45, 2.75) is 24.7 Å². The van der Waals surface area contributed by atoms with Crippen molar-refractivity contribution in [2.75, 3.05) is 26.2 Å². The minimum Gasteiger partial charge on any atom is -0.489 e. The molecule has 3 aromatic rings. The number of halogens is 2. The maximum absolute atomic E-state index is 10.5. The fraction of sp³-hybridized carbons (Fsp3) is 0.321. The summed E-state index contributed by atoms with van der Waals surface area (Å²) in [6.45, 7) is 3.31. The Hall–Kier alpha value is -2.51. The van der Waals surface area contributed by atoms with E-state index in [4.69, 9.17) is 27.9 Å². The van der Waals surface area contributed by atoms with Gasteiger partial charge in [-0.25, -0.2) is 0 Å². The second kappa shape index (κ2) is 11.1. The van der Waals surface area contributed by atoms with Crippen LogP contribution in [0.2, 0.25) is 10.0 Å². The van der Waals surface area contributed by atoms with Gasteiger partial charge in [0.25, 0.3) is 0 Å². The van der Waals surface area contributed by atoms with Gasteiger partial charge in [0.15, 0.2) is 5.75 Å². The van der Waals surface area contributed by atoms with Gasteiger partial charge in [-0.15, -0.1) is 0 Å². The van der Waals surface area contributed by atoms with E-state index < -0.39 is 5.41 Å². The molecule has 0 bridgehead atoms. The molecular formula is C28H28Cl2N2O. The normalized spacial score (nSPS) is 16.8. The molecule has 1 aliphatic rings. The van der Waals surface area contributed by atoms with Gasteiger partial charge in [-0.05, 0) is 55.0 Å². The molecular weight excluding hydrogens is 451 g/mol. The van der Waals surface area contributed by atoms with Crippen LogP contribution in [-0.2, 0) is 5.41 Å². The van der Waals surface area contributed by atoms with Crippen molar-refractivity contribution in [2.24, 2.45) is 5.92 Å². The molecule has 1 saturated heterocycles. The average Bonchev–Trinajstić information content (AvgIpc) is 2.86. The van der Waals surface area contributed by atoms with Crippen molar-refractivity contribution < 1.29 is 4.74 Å². The summed E-state index contributed by atoms with van der Waals surface area (Å²) < 4.78 is 5.91. The van der Waals surface area contributed by atoms with Crippen LogP contribution < -0.4 is 4.74 Å². The quantitative estimate of drug-likeness (QED) is 0.350. The van der Waals surface area contributed by atoms with Crippen LogP contribution in [-0.4, -0.2) is 31.1 Å². The summed E-state index contributed by atoms with van der Waals surface area (Å²) >= 11 is 12.5. The minimum atomic E-state index is -0.655. The van der Waals surface area contributed by atoms with E-state index >= 15 is 0 Å². The van der Waals surface area contributed by atoms with Crippen LogP contribution in [0.5, 0.6) is 5.75 Å². The summed E-state index contributed by atoms with van der Waals surface area (Å²) in [6.07, 6.45) is 3.03. The Balaban J connectivity index is 1.46. The Kier molecular flexibility index (Phi) is 7.93. The van der Waals surface area contributed by atoms with E-state index in [0.29, 0.717) is 28.3 Å². The van der Waals surface area contributed by atoms with Gasteiger partial charge in [-0.2, -0.15) is 5.26 Å². The molecule has 0 spiro atoms. The predicted molar refractivity (Wildman–Crippen MR) is 135 cm³/mol. The summed E-state index contributed by atoms with van der Waals surface area (Å²) in [4.78, 5) is 2.43. The number of rotatable bonds is 8. The summed E-state index contributed by atoms with van der Waals surface area (Å²) in [7, 11) is 0. The first-order valence-electron chi connectivity index (χ1n) is 11.4. The minimum absolute atomic E-state index is 0.419. The lowest BCUT2D eigenvalue weighted by molar-refractivity contribution is 0.137. The molecule has 0 amide bonds. The summed E-state index contributed by atoms with van der Waals surface area (Å²) in [6, 6.07) is 28.5. The standard InChI is InChI=1S/C28H28Cl2N2O/c29-25-14-7-15-26(30)27(25)33-18-17-32-16-8-9-22(20-32)19-28(21-31,23-10-3-1-4-11-23)24-12-5-2-6-13-24/h1-7,10-15,22H,8-9,16-20H2. The number of para-hydroxylation sites is 1. The van der Waals surface area contributed by atoms with Crippen LogP contribution in [0.1, 0.15) is 30.4 Å². The molecule has 170 valence electrons. The fourth-order valence-electron chi connectivity index (χ4n) is 4.87. The molecule has 0 saturated carbocycles. The Morgan fingerprint density at radius 3 is 2.09 bits per heavy atom. The third-order valence-corrected chi connectivity index (χ3v) is 7.09. The predicted octanol–water partition coefficient (Wildman–Crippen LogP) is 6.98. The van der Waals surface area contributed by atoms with Gasteiger partial charge in [0, 0.05) is 13.1 Å². The van der Waals surface area contributed by atoms with Gasteiger partial charge in [0.05, 0.1) is 16.1 Å². The highest BCUT2D eigenvalue weighted by Gasteiger charge is 2.38. The number of hydrogen-bond acceptors (Lipinski definition) is 3. The molecule has 1 heterocycles.